The monoisotopic (exact) mass is 216 g/mol. The maximum Gasteiger partial charge on any atom is 0.115 e. The van der Waals surface area contributed by atoms with Crippen molar-refractivity contribution >= 4 is 6.08 Å². The summed E-state index contributed by atoms with van der Waals surface area (Å²) in [5.74, 6) is 1.75. The van der Waals surface area contributed by atoms with Crippen molar-refractivity contribution < 1.29 is 4.42 Å². The van der Waals surface area contributed by atoms with E-state index in [4.69, 9.17) is 4.42 Å². The lowest BCUT2D eigenvalue weighted by Gasteiger charge is -2.08. The van der Waals surface area contributed by atoms with E-state index in [2.05, 4.69) is 39.0 Å². The highest BCUT2D eigenvalue weighted by Crippen LogP contribution is 2.24. The topological polar surface area (TPSA) is 13.1 Å². The Bertz CT molecular complexity index is 421. The SMILES string of the molecule is CC1=CCC[C@@H](C)C=Cc2c(C)coc2C1. The maximum absolute atomic E-state index is 5.63. The Morgan fingerprint density at radius 3 is 2.94 bits per heavy atom. The van der Waals surface area contributed by atoms with Gasteiger partial charge in [-0.1, -0.05) is 30.7 Å². The Hall–Kier alpha value is -1.24. The third-order valence-corrected chi connectivity index (χ3v) is 3.25. The van der Waals surface area contributed by atoms with Gasteiger partial charge < -0.3 is 4.42 Å². The summed E-state index contributed by atoms with van der Waals surface area (Å²) in [4.78, 5) is 0. The average Bonchev–Trinajstić information content (AvgIpc) is 2.57. The first-order valence-corrected chi connectivity index (χ1v) is 6.07. The fourth-order valence-corrected chi connectivity index (χ4v) is 2.14. The quantitative estimate of drug-likeness (QED) is 0.581. The first-order chi connectivity index (χ1) is 7.66. The van der Waals surface area contributed by atoms with Gasteiger partial charge in [-0.05, 0) is 38.2 Å². The molecule has 2 rings (SSSR count). The van der Waals surface area contributed by atoms with Crippen molar-refractivity contribution in [1.82, 2.24) is 0 Å². The first-order valence-electron chi connectivity index (χ1n) is 6.07. The van der Waals surface area contributed by atoms with Crippen LogP contribution in [0.25, 0.3) is 6.08 Å². The van der Waals surface area contributed by atoms with Crippen LogP contribution in [-0.4, -0.2) is 0 Å². The Morgan fingerprint density at radius 2 is 2.12 bits per heavy atom. The largest absolute Gasteiger partial charge is 0.468 e. The van der Waals surface area contributed by atoms with Gasteiger partial charge in [0.1, 0.15) is 5.76 Å². The van der Waals surface area contributed by atoms with Crippen molar-refractivity contribution in [3.63, 3.8) is 0 Å². The van der Waals surface area contributed by atoms with Gasteiger partial charge in [0.15, 0.2) is 0 Å². The van der Waals surface area contributed by atoms with E-state index in [-0.39, 0.29) is 0 Å². The number of aryl methyl sites for hydroxylation is 1. The molecule has 0 unspecified atom stereocenters. The molecule has 0 saturated heterocycles. The van der Waals surface area contributed by atoms with Gasteiger partial charge in [0.25, 0.3) is 0 Å². The minimum Gasteiger partial charge on any atom is -0.468 e. The normalized spacial score (nSPS) is 21.4. The van der Waals surface area contributed by atoms with Crippen molar-refractivity contribution in [3.8, 4) is 0 Å². The predicted octanol–water partition coefficient (Wildman–Crippen LogP) is 4.52. The predicted molar refractivity (Wildman–Crippen MR) is 68.3 cm³/mol. The van der Waals surface area contributed by atoms with Crippen molar-refractivity contribution in [2.75, 3.05) is 0 Å². The summed E-state index contributed by atoms with van der Waals surface area (Å²) in [5, 5.41) is 0. The average molecular weight is 216 g/mol. The molecule has 0 spiro atoms. The summed E-state index contributed by atoms with van der Waals surface area (Å²) in [7, 11) is 0. The number of hydrogen-bond acceptors (Lipinski definition) is 1. The Balaban J connectivity index is 2.38. The molecule has 1 aromatic rings. The zero-order chi connectivity index (χ0) is 11.5. The van der Waals surface area contributed by atoms with Crippen LogP contribution in [0.15, 0.2) is 28.4 Å². The molecule has 86 valence electrons. The van der Waals surface area contributed by atoms with Crippen molar-refractivity contribution in [1.29, 1.82) is 0 Å². The van der Waals surface area contributed by atoms with E-state index in [1.807, 2.05) is 6.26 Å². The molecule has 0 fully saturated rings. The van der Waals surface area contributed by atoms with E-state index < -0.39 is 0 Å². The van der Waals surface area contributed by atoms with Crippen LogP contribution in [0.2, 0.25) is 0 Å². The lowest BCUT2D eigenvalue weighted by Crippen LogP contribution is -1.94. The van der Waals surface area contributed by atoms with E-state index in [1.165, 1.54) is 29.5 Å². The lowest BCUT2D eigenvalue weighted by molar-refractivity contribution is 0.516. The molecule has 0 aliphatic heterocycles. The van der Waals surface area contributed by atoms with Crippen molar-refractivity contribution in [2.24, 2.45) is 5.92 Å². The van der Waals surface area contributed by atoms with Gasteiger partial charge in [-0.2, -0.15) is 0 Å². The van der Waals surface area contributed by atoms with Crippen molar-refractivity contribution in [2.45, 2.75) is 40.0 Å². The van der Waals surface area contributed by atoms with Crippen LogP contribution in [-0.2, 0) is 6.42 Å². The molecule has 1 nitrogen and oxygen atoms in total. The molecule has 1 heterocycles. The Labute approximate surface area is 97.9 Å². The maximum atomic E-state index is 5.63. The standard InChI is InChI=1S/C15H20O/c1-11-5-4-6-12(2)9-15-14(8-7-11)13(3)10-16-15/h6-8,10-11H,4-5,9H2,1-3H3/t11-/m1/s1. The highest BCUT2D eigenvalue weighted by Gasteiger charge is 2.10. The van der Waals surface area contributed by atoms with Crippen LogP contribution in [0.4, 0.5) is 0 Å². The number of hydrogen-bond donors (Lipinski definition) is 0. The van der Waals surface area contributed by atoms with Gasteiger partial charge >= 0.3 is 0 Å². The molecule has 1 aromatic heterocycles. The minimum atomic E-state index is 0.643. The van der Waals surface area contributed by atoms with Gasteiger partial charge in [0, 0.05) is 12.0 Å². The molecule has 1 aliphatic carbocycles. The second-order valence-electron chi connectivity index (χ2n) is 4.90. The fraction of sp³-hybridized carbons (Fsp3) is 0.467. The van der Waals surface area contributed by atoms with Crippen molar-refractivity contribution in [3.05, 3.63) is 40.9 Å². The van der Waals surface area contributed by atoms with Crippen LogP contribution in [0, 0.1) is 12.8 Å². The van der Waals surface area contributed by atoms with E-state index in [0.29, 0.717) is 5.92 Å². The molecule has 0 radical (unpaired) electrons. The van der Waals surface area contributed by atoms with Crippen LogP contribution >= 0.6 is 0 Å². The molecular weight excluding hydrogens is 196 g/mol. The molecule has 0 N–H and O–H groups in total. The Kier molecular flexibility index (Phi) is 3.33. The van der Waals surface area contributed by atoms with Gasteiger partial charge in [0.05, 0.1) is 6.26 Å². The second-order valence-corrected chi connectivity index (χ2v) is 4.90. The summed E-state index contributed by atoms with van der Waals surface area (Å²) in [5.41, 5.74) is 3.94. The molecule has 0 saturated carbocycles. The van der Waals surface area contributed by atoms with Crippen LogP contribution < -0.4 is 0 Å². The zero-order valence-electron chi connectivity index (χ0n) is 10.4. The summed E-state index contributed by atoms with van der Waals surface area (Å²) in [6.45, 7) is 6.58. The molecule has 16 heavy (non-hydrogen) atoms. The van der Waals surface area contributed by atoms with E-state index in [9.17, 15) is 0 Å². The molecule has 0 amide bonds. The van der Waals surface area contributed by atoms with E-state index in [1.54, 1.807) is 0 Å². The summed E-state index contributed by atoms with van der Waals surface area (Å²) in [6, 6.07) is 0. The lowest BCUT2D eigenvalue weighted by atomic mass is 9.98. The molecular formula is C15H20O. The number of furan rings is 1. The fourth-order valence-electron chi connectivity index (χ4n) is 2.14. The van der Waals surface area contributed by atoms with E-state index >= 15 is 0 Å². The molecule has 0 aromatic carbocycles. The van der Waals surface area contributed by atoms with Gasteiger partial charge in [-0.3, -0.25) is 0 Å². The van der Waals surface area contributed by atoms with Crippen LogP contribution in [0.5, 0.6) is 0 Å². The third kappa shape index (κ3) is 2.46. The molecule has 0 bridgehead atoms. The van der Waals surface area contributed by atoms with E-state index in [0.717, 1.165) is 12.2 Å². The number of allylic oxidation sites excluding steroid dienone is 3. The third-order valence-electron chi connectivity index (χ3n) is 3.25. The first kappa shape index (κ1) is 11.3. The molecule has 1 heteroatoms. The number of fused-ring (bicyclic) bond motifs is 1. The van der Waals surface area contributed by atoms with Gasteiger partial charge in [-0.25, -0.2) is 0 Å². The van der Waals surface area contributed by atoms with Gasteiger partial charge in [0.2, 0.25) is 0 Å². The highest BCUT2D eigenvalue weighted by atomic mass is 16.3. The van der Waals surface area contributed by atoms with Gasteiger partial charge in [-0.15, -0.1) is 0 Å². The zero-order valence-corrected chi connectivity index (χ0v) is 10.4. The molecule has 1 atom stereocenters. The smallest absolute Gasteiger partial charge is 0.115 e. The minimum absolute atomic E-state index is 0.643. The number of rotatable bonds is 0. The van der Waals surface area contributed by atoms with Crippen LogP contribution in [0.1, 0.15) is 43.6 Å². The summed E-state index contributed by atoms with van der Waals surface area (Å²) >= 11 is 0. The van der Waals surface area contributed by atoms with Crippen LogP contribution in [0.3, 0.4) is 0 Å². The Morgan fingerprint density at radius 1 is 1.31 bits per heavy atom. The molecule has 1 aliphatic rings. The highest BCUT2D eigenvalue weighted by molar-refractivity contribution is 5.56. The summed E-state index contributed by atoms with van der Waals surface area (Å²) < 4.78 is 5.63. The second kappa shape index (κ2) is 4.73. The summed E-state index contributed by atoms with van der Waals surface area (Å²) in [6.07, 6.45) is 12.1.